The molecular weight excluding hydrogens is 254 g/mol. The topological polar surface area (TPSA) is 23.5 Å². The molecule has 2 nitrogen and oxygen atoms in total. The molecule has 0 spiro atoms. The van der Waals surface area contributed by atoms with Gasteiger partial charge in [0.05, 0.1) is 4.47 Å². The Kier molecular flexibility index (Phi) is 4.61. The largest absolute Gasteiger partial charge is 0.506 e. The van der Waals surface area contributed by atoms with Crippen LogP contribution in [0.15, 0.2) is 22.7 Å². The molecule has 15 heavy (non-hydrogen) atoms. The molecular formula is C12H18BrNO. The summed E-state index contributed by atoms with van der Waals surface area (Å²) in [5.41, 5.74) is 0.965. The third-order valence-corrected chi connectivity index (χ3v) is 2.83. The number of phenolic OH excluding ortho intramolecular Hbond substituents is 1. The van der Waals surface area contributed by atoms with E-state index in [0.29, 0.717) is 11.7 Å². The van der Waals surface area contributed by atoms with Gasteiger partial charge >= 0.3 is 0 Å². The highest BCUT2D eigenvalue weighted by molar-refractivity contribution is 9.10. The molecule has 0 aliphatic heterocycles. The predicted octanol–water partition coefficient (Wildman–Crippen LogP) is 3.24. The van der Waals surface area contributed by atoms with Crippen LogP contribution in [0.3, 0.4) is 0 Å². The molecule has 84 valence electrons. The Balaban J connectivity index is 2.68. The third kappa shape index (κ3) is 3.84. The molecule has 1 rings (SSSR count). The fraction of sp³-hybridized carbons (Fsp3) is 0.500. The van der Waals surface area contributed by atoms with E-state index in [4.69, 9.17) is 0 Å². The molecule has 0 atom stereocenters. The van der Waals surface area contributed by atoms with E-state index >= 15 is 0 Å². The van der Waals surface area contributed by atoms with Crippen molar-refractivity contribution >= 4 is 15.9 Å². The minimum absolute atomic E-state index is 0.355. The molecule has 1 aromatic rings. The van der Waals surface area contributed by atoms with Gasteiger partial charge in [0, 0.05) is 18.7 Å². The summed E-state index contributed by atoms with van der Waals surface area (Å²) in [6.45, 7) is 6.20. The van der Waals surface area contributed by atoms with Crippen LogP contribution in [0.1, 0.15) is 19.4 Å². The van der Waals surface area contributed by atoms with Gasteiger partial charge < -0.3 is 10.0 Å². The van der Waals surface area contributed by atoms with Crippen molar-refractivity contribution in [2.75, 3.05) is 13.6 Å². The van der Waals surface area contributed by atoms with E-state index < -0.39 is 0 Å². The molecule has 0 radical (unpaired) electrons. The van der Waals surface area contributed by atoms with E-state index in [0.717, 1.165) is 23.1 Å². The van der Waals surface area contributed by atoms with Gasteiger partial charge in [-0.2, -0.15) is 0 Å². The van der Waals surface area contributed by atoms with Gasteiger partial charge in [-0.3, -0.25) is 0 Å². The molecule has 1 aromatic carbocycles. The van der Waals surface area contributed by atoms with Crippen LogP contribution in [-0.2, 0) is 6.54 Å². The summed E-state index contributed by atoms with van der Waals surface area (Å²) in [7, 11) is 2.07. The monoisotopic (exact) mass is 271 g/mol. The number of para-hydroxylation sites is 1. The van der Waals surface area contributed by atoms with Crippen LogP contribution in [-0.4, -0.2) is 23.6 Å². The van der Waals surface area contributed by atoms with E-state index in [1.807, 2.05) is 18.2 Å². The van der Waals surface area contributed by atoms with E-state index in [2.05, 4.69) is 41.7 Å². The average molecular weight is 272 g/mol. The number of halogens is 1. The Hall–Kier alpha value is -0.540. The Morgan fingerprint density at radius 3 is 2.67 bits per heavy atom. The zero-order chi connectivity index (χ0) is 11.4. The first-order valence-corrected chi connectivity index (χ1v) is 5.95. The van der Waals surface area contributed by atoms with Gasteiger partial charge in [-0.25, -0.2) is 0 Å². The SMILES string of the molecule is CC(C)CN(C)Cc1cccc(Br)c1O. The van der Waals surface area contributed by atoms with E-state index in [9.17, 15) is 5.11 Å². The number of hydrogen-bond donors (Lipinski definition) is 1. The summed E-state index contributed by atoms with van der Waals surface area (Å²) < 4.78 is 0.762. The van der Waals surface area contributed by atoms with Crippen molar-refractivity contribution in [3.63, 3.8) is 0 Å². The number of hydrogen-bond acceptors (Lipinski definition) is 2. The van der Waals surface area contributed by atoms with Gasteiger partial charge in [-0.1, -0.05) is 26.0 Å². The number of benzene rings is 1. The quantitative estimate of drug-likeness (QED) is 0.909. The highest BCUT2D eigenvalue weighted by Gasteiger charge is 2.08. The first-order chi connectivity index (χ1) is 7.00. The molecule has 3 heteroatoms. The highest BCUT2D eigenvalue weighted by atomic mass is 79.9. The van der Waals surface area contributed by atoms with Gasteiger partial charge in [0.1, 0.15) is 5.75 Å². The van der Waals surface area contributed by atoms with Crippen LogP contribution in [0.4, 0.5) is 0 Å². The second-order valence-electron chi connectivity index (χ2n) is 4.34. The van der Waals surface area contributed by atoms with Crippen LogP contribution in [0.2, 0.25) is 0 Å². The molecule has 0 saturated carbocycles. The second-order valence-corrected chi connectivity index (χ2v) is 5.19. The van der Waals surface area contributed by atoms with Crippen molar-refractivity contribution < 1.29 is 5.11 Å². The van der Waals surface area contributed by atoms with E-state index in [1.165, 1.54) is 0 Å². The van der Waals surface area contributed by atoms with Crippen molar-refractivity contribution in [1.82, 2.24) is 4.90 Å². The zero-order valence-electron chi connectivity index (χ0n) is 9.50. The van der Waals surface area contributed by atoms with Gasteiger partial charge in [0.2, 0.25) is 0 Å². The second kappa shape index (κ2) is 5.52. The molecule has 0 aromatic heterocycles. The Bertz CT molecular complexity index is 325. The summed E-state index contributed by atoms with van der Waals surface area (Å²) in [6.07, 6.45) is 0. The van der Waals surface area contributed by atoms with Crippen molar-refractivity contribution in [2.45, 2.75) is 20.4 Å². The minimum atomic E-state index is 0.355. The van der Waals surface area contributed by atoms with Crippen LogP contribution in [0.25, 0.3) is 0 Å². The van der Waals surface area contributed by atoms with Gasteiger partial charge in [-0.15, -0.1) is 0 Å². The van der Waals surface area contributed by atoms with Gasteiger partial charge in [0.25, 0.3) is 0 Å². The van der Waals surface area contributed by atoms with Crippen LogP contribution in [0, 0.1) is 5.92 Å². The number of nitrogens with zero attached hydrogens (tertiary/aromatic N) is 1. The lowest BCUT2D eigenvalue weighted by atomic mass is 10.1. The number of rotatable bonds is 4. The average Bonchev–Trinajstić information content (AvgIpc) is 2.11. The normalized spacial score (nSPS) is 11.3. The highest BCUT2D eigenvalue weighted by Crippen LogP contribution is 2.28. The molecule has 0 saturated heterocycles. The summed E-state index contributed by atoms with van der Waals surface area (Å²) in [5, 5.41) is 9.81. The third-order valence-electron chi connectivity index (χ3n) is 2.19. The molecule has 1 N–H and O–H groups in total. The summed E-state index contributed by atoms with van der Waals surface area (Å²) >= 11 is 3.32. The lowest BCUT2D eigenvalue weighted by Crippen LogP contribution is -2.22. The Labute approximate surface area is 100 Å². The van der Waals surface area contributed by atoms with Crippen LogP contribution < -0.4 is 0 Å². The maximum Gasteiger partial charge on any atom is 0.134 e. The maximum absolute atomic E-state index is 9.81. The standard InChI is InChI=1S/C12H18BrNO/c1-9(2)7-14(3)8-10-5-4-6-11(13)12(10)15/h4-6,9,15H,7-8H2,1-3H3. The smallest absolute Gasteiger partial charge is 0.134 e. The van der Waals surface area contributed by atoms with E-state index in [-0.39, 0.29) is 0 Å². The molecule has 0 unspecified atom stereocenters. The lowest BCUT2D eigenvalue weighted by molar-refractivity contribution is 0.284. The Morgan fingerprint density at radius 1 is 1.40 bits per heavy atom. The molecule has 0 heterocycles. The first-order valence-electron chi connectivity index (χ1n) is 5.15. The van der Waals surface area contributed by atoms with Crippen LogP contribution in [0.5, 0.6) is 5.75 Å². The lowest BCUT2D eigenvalue weighted by Gasteiger charge is -2.19. The number of phenols is 1. The molecule has 0 aliphatic rings. The minimum Gasteiger partial charge on any atom is -0.506 e. The molecule has 0 fully saturated rings. The number of aromatic hydroxyl groups is 1. The molecule has 0 amide bonds. The summed E-state index contributed by atoms with van der Waals surface area (Å²) in [6, 6.07) is 5.75. The predicted molar refractivity (Wildman–Crippen MR) is 67.0 cm³/mol. The molecule has 0 bridgehead atoms. The fourth-order valence-corrected chi connectivity index (χ4v) is 2.07. The van der Waals surface area contributed by atoms with Crippen molar-refractivity contribution in [1.29, 1.82) is 0 Å². The van der Waals surface area contributed by atoms with E-state index in [1.54, 1.807) is 0 Å². The fourth-order valence-electron chi connectivity index (χ4n) is 1.67. The molecule has 0 aliphatic carbocycles. The zero-order valence-corrected chi connectivity index (χ0v) is 11.1. The van der Waals surface area contributed by atoms with Crippen molar-refractivity contribution in [3.8, 4) is 5.75 Å². The maximum atomic E-state index is 9.81. The van der Waals surface area contributed by atoms with Crippen LogP contribution >= 0.6 is 15.9 Å². The summed E-state index contributed by atoms with van der Waals surface area (Å²) in [4.78, 5) is 2.21. The van der Waals surface area contributed by atoms with Crippen molar-refractivity contribution in [3.05, 3.63) is 28.2 Å². The Morgan fingerprint density at radius 2 is 2.07 bits per heavy atom. The first kappa shape index (κ1) is 12.5. The van der Waals surface area contributed by atoms with Gasteiger partial charge in [-0.05, 0) is 35.0 Å². The van der Waals surface area contributed by atoms with Crippen molar-refractivity contribution in [2.24, 2.45) is 5.92 Å². The van der Waals surface area contributed by atoms with Gasteiger partial charge in [0.15, 0.2) is 0 Å². The summed E-state index contributed by atoms with van der Waals surface area (Å²) in [5.74, 6) is 0.998.